The van der Waals surface area contributed by atoms with Gasteiger partial charge in [0.2, 0.25) is 0 Å². The van der Waals surface area contributed by atoms with Gasteiger partial charge in [0.1, 0.15) is 6.61 Å². The lowest BCUT2D eigenvalue weighted by atomic mass is 9.96. The fourth-order valence-corrected chi connectivity index (χ4v) is 2.07. The molecule has 0 saturated carbocycles. The molecule has 1 aliphatic heterocycles. The molecule has 1 aromatic rings. The van der Waals surface area contributed by atoms with E-state index in [0.717, 1.165) is 12.0 Å². The number of benzene rings is 1. The van der Waals surface area contributed by atoms with Crippen LogP contribution in [0.2, 0.25) is 0 Å². The molecule has 0 atom stereocenters. The Morgan fingerprint density at radius 1 is 1.40 bits per heavy atom. The summed E-state index contributed by atoms with van der Waals surface area (Å²) in [4.78, 5) is 23.5. The molecule has 0 fully saturated rings. The summed E-state index contributed by atoms with van der Waals surface area (Å²) in [6.07, 6.45) is -1.77. The van der Waals surface area contributed by atoms with E-state index in [4.69, 9.17) is 0 Å². The van der Waals surface area contributed by atoms with E-state index in [2.05, 4.69) is 10.1 Å². The monoisotopic (exact) mass is 283 g/mol. The molecule has 2 rings (SSSR count). The molecular weight excluding hydrogens is 268 g/mol. The van der Waals surface area contributed by atoms with Crippen LogP contribution >= 0.6 is 0 Å². The lowest BCUT2D eigenvalue weighted by Crippen LogP contribution is -2.32. The van der Waals surface area contributed by atoms with E-state index in [1.165, 1.54) is 0 Å². The van der Waals surface area contributed by atoms with Gasteiger partial charge in [-0.3, -0.25) is 9.59 Å². The van der Waals surface area contributed by atoms with Gasteiger partial charge in [-0.25, -0.2) is 8.78 Å². The molecule has 0 spiro atoms. The molecule has 1 aromatic carbocycles. The molecular formula is C14H15F2NO3. The van der Waals surface area contributed by atoms with Crippen molar-refractivity contribution < 1.29 is 23.1 Å². The molecule has 20 heavy (non-hydrogen) atoms. The van der Waals surface area contributed by atoms with Gasteiger partial charge in [-0.2, -0.15) is 0 Å². The first-order valence-corrected chi connectivity index (χ1v) is 6.38. The van der Waals surface area contributed by atoms with Crippen molar-refractivity contribution >= 4 is 11.7 Å². The molecule has 0 aliphatic carbocycles. The van der Waals surface area contributed by atoms with Crippen molar-refractivity contribution in [1.29, 1.82) is 0 Å². The lowest BCUT2D eigenvalue weighted by molar-refractivity contribution is 0.0170. The molecule has 0 unspecified atom stereocenters. The molecule has 0 bridgehead atoms. The van der Waals surface area contributed by atoms with Crippen LogP contribution in [-0.4, -0.2) is 37.9 Å². The first kappa shape index (κ1) is 14.6. The first-order valence-electron chi connectivity index (χ1n) is 6.38. The van der Waals surface area contributed by atoms with Crippen LogP contribution in [0, 0.1) is 0 Å². The summed E-state index contributed by atoms with van der Waals surface area (Å²) in [5, 5.41) is 2.71. The second kappa shape index (κ2) is 6.56. The van der Waals surface area contributed by atoms with Crippen molar-refractivity contribution in [3.05, 3.63) is 34.9 Å². The van der Waals surface area contributed by atoms with Crippen molar-refractivity contribution in [2.24, 2.45) is 0 Å². The van der Waals surface area contributed by atoms with Crippen LogP contribution < -0.4 is 5.32 Å². The smallest absolute Gasteiger partial charge is 0.261 e. The second-order valence-electron chi connectivity index (χ2n) is 4.52. The number of Topliss-reactive ketones (excluding diaryl/α,β-unsaturated/α-hetero) is 1. The number of rotatable bonds is 6. The van der Waals surface area contributed by atoms with E-state index in [0.29, 0.717) is 17.7 Å². The zero-order chi connectivity index (χ0) is 14.5. The number of nitrogens with one attached hydrogen (secondary N) is 1. The fourth-order valence-electron chi connectivity index (χ4n) is 2.07. The Morgan fingerprint density at radius 3 is 2.95 bits per heavy atom. The van der Waals surface area contributed by atoms with Crippen LogP contribution in [0.5, 0.6) is 0 Å². The summed E-state index contributed by atoms with van der Waals surface area (Å²) in [5.41, 5.74) is 1.83. The predicted octanol–water partition coefficient (Wildman–Crippen LogP) is 1.83. The SMILES string of the molecule is O=C(CCOCC(F)F)c1ccc2c(c1)C(=O)NCC2. The molecule has 0 radical (unpaired) electrons. The van der Waals surface area contributed by atoms with Crippen LogP contribution in [0.4, 0.5) is 8.78 Å². The van der Waals surface area contributed by atoms with Gasteiger partial charge in [0, 0.05) is 24.1 Å². The molecule has 4 nitrogen and oxygen atoms in total. The number of fused-ring (bicyclic) bond motifs is 1. The number of hydrogen-bond acceptors (Lipinski definition) is 3. The van der Waals surface area contributed by atoms with E-state index >= 15 is 0 Å². The van der Waals surface area contributed by atoms with E-state index < -0.39 is 13.0 Å². The number of carbonyl (C=O) groups excluding carboxylic acids is 2. The highest BCUT2D eigenvalue weighted by atomic mass is 19.3. The Morgan fingerprint density at radius 2 is 2.20 bits per heavy atom. The standard InChI is InChI=1S/C14H15F2NO3/c15-13(16)8-20-6-4-12(18)10-2-1-9-3-5-17-14(19)11(9)7-10/h1-2,7,13H,3-6,8H2,(H,17,19). The maximum absolute atomic E-state index is 11.9. The number of ketones is 1. The minimum absolute atomic E-state index is 0.0210. The molecule has 0 saturated heterocycles. The quantitative estimate of drug-likeness (QED) is 0.640. The summed E-state index contributed by atoms with van der Waals surface area (Å²) in [5.74, 6) is -0.407. The lowest BCUT2D eigenvalue weighted by Gasteiger charge is -2.16. The average Bonchev–Trinajstić information content (AvgIpc) is 2.43. The Balaban J connectivity index is 1.97. The second-order valence-corrected chi connectivity index (χ2v) is 4.52. The third kappa shape index (κ3) is 3.60. The number of alkyl halides is 2. The third-order valence-electron chi connectivity index (χ3n) is 3.07. The average molecular weight is 283 g/mol. The van der Waals surface area contributed by atoms with Gasteiger partial charge in [-0.1, -0.05) is 12.1 Å². The van der Waals surface area contributed by atoms with E-state index in [9.17, 15) is 18.4 Å². The van der Waals surface area contributed by atoms with Gasteiger partial charge in [0.05, 0.1) is 6.61 Å². The van der Waals surface area contributed by atoms with Crippen molar-refractivity contribution in [3.8, 4) is 0 Å². The number of ether oxygens (including phenoxy) is 1. The Kier molecular flexibility index (Phi) is 4.79. The molecule has 108 valence electrons. The predicted molar refractivity (Wildman–Crippen MR) is 68.2 cm³/mol. The van der Waals surface area contributed by atoms with Crippen LogP contribution in [0.1, 0.15) is 32.7 Å². The van der Waals surface area contributed by atoms with Gasteiger partial charge >= 0.3 is 0 Å². The van der Waals surface area contributed by atoms with Crippen molar-refractivity contribution in [3.63, 3.8) is 0 Å². The number of amides is 1. The van der Waals surface area contributed by atoms with Gasteiger partial charge in [-0.15, -0.1) is 0 Å². The van der Waals surface area contributed by atoms with Gasteiger partial charge in [0.15, 0.2) is 5.78 Å². The Labute approximate surface area is 115 Å². The maximum Gasteiger partial charge on any atom is 0.261 e. The summed E-state index contributed by atoms with van der Waals surface area (Å²) < 4.78 is 28.4. The minimum atomic E-state index is -2.53. The van der Waals surface area contributed by atoms with Crippen LogP contribution in [0.15, 0.2) is 18.2 Å². The summed E-state index contributed by atoms with van der Waals surface area (Å²) in [7, 11) is 0. The minimum Gasteiger partial charge on any atom is -0.375 e. The van der Waals surface area contributed by atoms with Gasteiger partial charge in [-0.05, 0) is 18.1 Å². The van der Waals surface area contributed by atoms with Crippen LogP contribution in [0.3, 0.4) is 0 Å². The molecule has 0 aromatic heterocycles. The fraction of sp³-hybridized carbons (Fsp3) is 0.429. The zero-order valence-corrected chi connectivity index (χ0v) is 10.8. The van der Waals surface area contributed by atoms with Gasteiger partial charge < -0.3 is 10.1 Å². The number of hydrogen-bond donors (Lipinski definition) is 1. The Hall–Kier alpha value is -1.82. The van der Waals surface area contributed by atoms with Crippen molar-refractivity contribution in [2.45, 2.75) is 19.3 Å². The third-order valence-corrected chi connectivity index (χ3v) is 3.07. The highest BCUT2D eigenvalue weighted by Crippen LogP contribution is 2.17. The number of carbonyl (C=O) groups is 2. The van der Waals surface area contributed by atoms with Crippen molar-refractivity contribution in [1.82, 2.24) is 5.32 Å². The normalized spacial score (nSPS) is 14.1. The van der Waals surface area contributed by atoms with E-state index in [1.54, 1.807) is 18.2 Å². The van der Waals surface area contributed by atoms with Crippen LogP contribution in [0.25, 0.3) is 0 Å². The molecule has 1 aliphatic rings. The molecule has 1 amide bonds. The topological polar surface area (TPSA) is 55.4 Å². The number of halogens is 2. The first-order chi connectivity index (χ1) is 9.58. The molecule has 1 heterocycles. The van der Waals surface area contributed by atoms with Crippen molar-refractivity contribution in [2.75, 3.05) is 19.8 Å². The van der Waals surface area contributed by atoms with E-state index in [-0.39, 0.29) is 24.7 Å². The van der Waals surface area contributed by atoms with Gasteiger partial charge in [0.25, 0.3) is 12.3 Å². The zero-order valence-electron chi connectivity index (χ0n) is 10.8. The summed E-state index contributed by atoms with van der Waals surface area (Å²) >= 11 is 0. The summed E-state index contributed by atoms with van der Waals surface area (Å²) in [6, 6.07) is 4.98. The maximum atomic E-state index is 11.9. The van der Waals surface area contributed by atoms with E-state index in [1.807, 2.05) is 0 Å². The highest BCUT2D eigenvalue weighted by molar-refractivity contribution is 6.02. The molecule has 6 heteroatoms. The summed E-state index contributed by atoms with van der Waals surface area (Å²) in [6.45, 7) is -0.118. The Bertz CT molecular complexity index is 517. The van der Waals surface area contributed by atoms with Crippen LogP contribution in [-0.2, 0) is 11.2 Å². The largest absolute Gasteiger partial charge is 0.375 e. The highest BCUT2D eigenvalue weighted by Gasteiger charge is 2.18. The molecule has 1 N–H and O–H groups in total.